The molecule has 0 amide bonds. The van der Waals surface area contributed by atoms with Crippen LogP contribution in [0.1, 0.15) is 26.3 Å². The highest BCUT2D eigenvalue weighted by Gasteiger charge is 2.38. The van der Waals surface area contributed by atoms with Crippen molar-refractivity contribution < 1.29 is 14.3 Å². The lowest BCUT2D eigenvalue weighted by molar-refractivity contribution is 0.0444. The molecule has 0 radical (unpaired) electrons. The van der Waals surface area contributed by atoms with Crippen LogP contribution in [0, 0.1) is 11.3 Å². The largest absolute Gasteiger partial charge is 0.397 e. The molecule has 0 saturated heterocycles. The van der Waals surface area contributed by atoms with Gasteiger partial charge in [0.05, 0.1) is 22.4 Å². The molecule has 6 heteroatoms. The van der Waals surface area contributed by atoms with Crippen molar-refractivity contribution in [2.45, 2.75) is 0 Å². The fourth-order valence-corrected chi connectivity index (χ4v) is 3.41. The first-order valence-electron chi connectivity index (χ1n) is 8.00. The number of nitrogens with zero attached hydrogens (tertiary/aromatic N) is 1. The summed E-state index contributed by atoms with van der Waals surface area (Å²) in [6.45, 7) is 0. The van der Waals surface area contributed by atoms with Crippen LogP contribution in [0.4, 0.5) is 5.69 Å². The van der Waals surface area contributed by atoms with E-state index in [2.05, 4.69) is 6.07 Å². The van der Waals surface area contributed by atoms with Crippen molar-refractivity contribution in [3.8, 4) is 28.3 Å². The van der Waals surface area contributed by atoms with E-state index in [1.54, 1.807) is 48.5 Å². The molecular weight excluding hydrogens is 364 g/mol. The van der Waals surface area contributed by atoms with Crippen LogP contribution in [-0.2, 0) is 4.74 Å². The summed E-state index contributed by atoms with van der Waals surface area (Å²) in [6.07, 6.45) is 0. The number of carbonyl (C=O) groups is 2. The third-order valence-corrected chi connectivity index (χ3v) is 4.69. The highest BCUT2D eigenvalue weighted by Crippen LogP contribution is 2.45. The highest BCUT2D eigenvalue weighted by atomic mass is 35.5. The molecule has 0 bridgehead atoms. The van der Waals surface area contributed by atoms with E-state index in [-0.39, 0.29) is 22.4 Å². The molecule has 0 atom stereocenters. The number of anilines is 1. The maximum atomic E-state index is 12.5. The molecule has 5 nitrogen and oxygen atoms in total. The number of hydrogen-bond donors (Lipinski definition) is 1. The van der Waals surface area contributed by atoms with Crippen molar-refractivity contribution in [2.75, 3.05) is 5.73 Å². The number of esters is 2. The van der Waals surface area contributed by atoms with Gasteiger partial charge in [-0.15, -0.1) is 0 Å². The first kappa shape index (κ1) is 16.8. The Bertz CT molecular complexity index is 1150. The van der Waals surface area contributed by atoms with E-state index < -0.39 is 11.9 Å². The Hall–Kier alpha value is -3.62. The smallest absolute Gasteiger partial charge is 0.349 e. The minimum absolute atomic E-state index is 0.0619. The van der Waals surface area contributed by atoms with Crippen molar-refractivity contribution in [3.05, 3.63) is 76.3 Å². The summed E-state index contributed by atoms with van der Waals surface area (Å²) in [5.41, 5.74) is 8.39. The lowest BCUT2D eigenvalue weighted by Gasteiger charge is -2.17. The normalized spacial score (nSPS) is 12.4. The summed E-state index contributed by atoms with van der Waals surface area (Å²) >= 11 is 5.99. The van der Waals surface area contributed by atoms with Gasteiger partial charge < -0.3 is 10.5 Å². The van der Waals surface area contributed by atoms with Crippen LogP contribution in [0.2, 0.25) is 5.02 Å². The molecule has 3 aromatic rings. The fourth-order valence-electron chi connectivity index (χ4n) is 3.29. The fraction of sp³-hybridized carbons (Fsp3) is 0. The number of ether oxygens (including phenoxy) is 1. The van der Waals surface area contributed by atoms with E-state index in [4.69, 9.17) is 22.1 Å². The number of fused-ring (bicyclic) bond motifs is 1. The SMILES string of the molecule is N#Cc1c(N)c2c(c(-c3ccccc3)c1-c1ccc(Cl)cc1)C(=O)OC2=O. The molecule has 4 rings (SSSR count). The Balaban J connectivity index is 2.21. The predicted octanol–water partition coefficient (Wildman–Crippen LogP) is 4.44. The molecule has 0 spiro atoms. The van der Waals surface area contributed by atoms with Gasteiger partial charge in [0.2, 0.25) is 0 Å². The number of rotatable bonds is 2. The topological polar surface area (TPSA) is 93.2 Å². The molecule has 0 aliphatic carbocycles. The van der Waals surface area contributed by atoms with Crippen molar-refractivity contribution in [1.82, 2.24) is 0 Å². The molecule has 2 N–H and O–H groups in total. The van der Waals surface area contributed by atoms with Gasteiger partial charge in [-0.3, -0.25) is 0 Å². The first-order chi connectivity index (χ1) is 13.0. The Kier molecular flexibility index (Phi) is 3.91. The number of nitriles is 1. The van der Waals surface area contributed by atoms with Crippen molar-refractivity contribution in [3.63, 3.8) is 0 Å². The average Bonchev–Trinajstić information content (AvgIpc) is 2.97. The van der Waals surface area contributed by atoms with Crippen LogP contribution in [0.5, 0.6) is 0 Å². The van der Waals surface area contributed by atoms with E-state index in [1.807, 2.05) is 6.07 Å². The molecule has 130 valence electrons. The van der Waals surface area contributed by atoms with Crippen molar-refractivity contribution in [2.24, 2.45) is 0 Å². The third kappa shape index (κ3) is 2.55. The average molecular weight is 375 g/mol. The second-order valence-corrected chi connectivity index (χ2v) is 6.39. The zero-order chi connectivity index (χ0) is 19.1. The molecule has 27 heavy (non-hydrogen) atoms. The summed E-state index contributed by atoms with van der Waals surface area (Å²) < 4.78 is 4.80. The summed E-state index contributed by atoms with van der Waals surface area (Å²) in [7, 11) is 0. The van der Waals surface area contributed by atoms with Gasteiger partial charge in [0.25, 0.3) is 0 Å². The lowest BCUT2D eigenvalue weighted by atomic mass is 9.84. The van der Waals surface area contributed by atoms with Gasteiger partial charge in [0.1, 0.15) is 6.07 Å². The number of halogens is 1. The Morgan fingerprint density at radius 3 is 2.04 bits per heavy atom. The quantitative estimate of drug-likeness (QED) is 0.406. The van der Waals surface area contributed by atoms with Gasteiger partial charge in [0.15, 0.2) is 0 Å². The second kappa shape index (κ2) is 6.27. The minimum atomic E-state index is -0.844. The van der Waals surface area contributed by atoms with Crippen LogP contribution < -0.4 is 5.73 Å². The predicted molar refractivity (Wildman–Crippen MR) is 101 cm³/mol. The van der Waals surface area contributed by atoms with E-state index >= 15 is 0 Å². The second-order valence-electron chi connectivity index (χ2n) is 5.95. The van der Waals surface area contributed by atoms with Gasteiger partial charge >= 0.3 is 11.9 Å². The molecule has 0 unspecified atom stereocenters. The molecular formula is C21H11ClN2O3. The van der Waals surface area contributed by atoms with Crippen LogP contribution in [0.25, 0.3) is 22.3 Å². The van der Waals surface area contributed by atoms with Crippen LogP contribution in [0.15, 0.2) is 54.6 Å². The summed E-state index contributed by atoms with van der Waals surface area (Å²) in [4.78, 5) is 24.6. The molecule has 0 aromatic heterocycles. The molecule has 1 aliphatic rings. The molecule has 0 saturated carbocycles. The van der Waals surface area contributed by atoms with Gasteiger partial charge in [-0.2, -0.15) is 5.26 Å². The first-order valence-corrected chi connectivity index (χ1v) is 8.38. The van der Waals surface area contributed by atoms with E-state index in [0.717, 1.165) is 0 Å². The van der Waals surface area contributed by atoms with E-state index in [0.29, 0.717) is 27.3 Å². The Labute approximate surface area is 159 Å². The zero-order valence-electron chi connectivity index (χ0n) is 13.8. The molecule has 3 aromatic carbocycles. The zero-order valence-corrected chi connectivity index (χ0v) is 14.6. The van der Waals surface area contributed by atoms with E-state index in [9.17, 15) is 14.9 Å². The number of carbonyl (C=O) groups excluding carboxylic acids is 2. The van der Waals surface area contributed by atoms with Crippen LogP contribution >= 0.6 is 11.6 Å². The van der Waals surface area contributed by atoms with Crippen molar-refractivity contribution in [1.29, 1.82) is 5.26 Å². The minimum Gasteiger partial charge on any atom is -0.397 e. The van der Waals surface area contributed by atoms with Gasteiger partial charge in [0, 0.05) is 16.1 Å². The molecule has 1 heterocycles. The third-order valence-electron chi connectivity index (χ3n) is 4.44. The Morgan fingerprint density at radius 1 is 0.815 bits per heavy atom. The van der Waals surface area contributed by atoms with Gasteiger partial charge in [-0.25, -0.2) is 9.59 Å². The maximum absolute atomic E-state index is 12.5. The number of nitrogen functional groups attached to an aromatic ring is 1. The van der Waals surface area contributed by atoms with Gasteiger partial charge in [-0.1, -0.05) is 54.1 Å². The lowest BCUT2D eigenvalue weighted by Crippen LogP contribution is -2.07. The number of cyclic esters (lactones) is 2. The van der Waals surface area contributed by atoms with Crippen LogP contribution in [0.3, 0.4) is 0 Å². The van der Waals surface area contributed by atoms with E-state index in [1.165, 1.54) is 0 Å². The Morgan fingerprint density at radius 2 is 1.41 bits per heavy atom. The molecule has 1 aliphatic heterocycles. The summed E-state index contributed by atoms with van der Waals surface area (Å²) in [5.74, 6) is -1.62. The van der Waals surface area contributed by atoms with Crippen molar-refractivity contribution >= 4 is 29.2 Å². The number of benzene rings is 3. The summed E-state index contributed by atoms with van der Waals surface area (Å²) in [5, 5.41) is 10.3. The number of nitrogens with two attached hydrogens (primary N) is 1. The standard InChI is InChI=1S/C21H11ClN2O3/c22-13-8-6-12(7-9-13)15-14(10-23)19(24)18-17(20(25)27-21(18)26)16(15)11-4-2-1-3-5-11/h1-9H,24H2. The number of hydrogen-bond acceptors (Lipinski definition) is 5. The maximum Gasteiger partial charge on any atom is 0.349 e. The van der Waals surface area contributed by atoms with Gasteiger partial charge in [-0.05, 0) is 23.3 Å². The summed E-state index contributed by atoms with van der Waals surface area (Å²) in [6, 6.07) is 17.9. The monoisotopic (exact) mass is 374 g/mol. The molecule has 0 fully saturated rings. The van der Waals surface area contributed by atoms with Crippen LogP contribution in [-0.4, -0.2) is 11.9 Å². The highest BCUT2D eigenvalue weighted by molar-refractivity contribution is 6.30.